The van der Waals surface area contributed by atoms with Crippen LogP contribution in [0.3, 0.4) is 0 Å². The molecule has 134 valence electrons. The minimum absolute atomic E-state index is 0.231. The van der Waals surface area contributed by atoms with Crippen molar-refractivity contribution in [2.45, 2.75) is 38.6 Å². The molecule has 1 aromatic carbocycles. The van der Waals surface area contributed by atoms with Gasteiger partial charge in [-0.3, -0.25) is 0 Å². The fourth-order valence-electron chi connectivity index (χ4n) is 3.26. The van der Waals surface area contributed by atoms with Gasteiger partial charge in [0.1, 0.15) is 44.6 Å². The zero-order valence-corrected chi connectivity index (χ0v) is 15.0. The average molecular weight is 336 g/mol. The molecule has 0 aromatic heterocycles. The molecule has 4 atom stereocenters. The highest BCUT2D eigenvalue weighted by molar-refractivity contribution is 5.43. The summed E-state index contributed by atoms with van der Waals surface area (Å²) >= 11 is 0. The van der Waals surface area contributed by atoms with Crippen LogP contribution in [-0.4, -0.2) is 56.8 Å². The smallest absolute Gasteiger partial charge is 0.161 e. The van der Waals surface area contributed by atoms with Gasteiger partial charge in [-0.05, 0) is 38.0 Å². The van der Waals surface area contributed by atoms with Crippen molar-refractivity contribution in [3.63, 3.8) is 0 Å². The minimum atomic E-state index is -0.518. The van der Waals surface area contributed by atoms with Crippen LogP contribution in [0.2, 0.25) is 0 Å². The van der Waals surface area contributed by atoms with Gasteiger partial charge in [0.25, 0.3) is 0 Å². The van der Waals surface area contributed by atoms with Crippen LogP contribution in [0.5, 0.6) is 11.5 Å². The molecule has 5 heteroatoms. The number of aliphatic hydroxyl groups is 1. The molecule has 0 aliphatic carbocycles. The van der Waals surface area contributed by atoms with Gasteiger partial charge in [0.15, 0.2) is 11.5 Å². The Morgan fingerprint density at radius 3 is 2.67 bits per heavy atom. The summed E-state index contributed by atoms with van der Waals surface area (Å²) in [5.41, 5.74) is 1.12. The molecule has 1 heterocycles. The summed E-state index contributed by atoms with van der Waals surface area (Å²) in [4.78, 5) is 1.35. The molecule has 2 N–H and O–H groups in total. The molecule has 5 nitrogen and oxygen atoms in total. The zero-order chi connectivity index (χ0) is 17.5. The van der Waals surface area contributed by atoms with Gasteiger partial charge in [0, 0.05) is 0 Å². The monoisotopic (exact) mass is 336 g/mol. The van der Waals surface area contributed by atoms with Gasteiger partial charge in [0.05, 0.1) is 7.11 Å². The number of hydrogen-bond acceptors (Lipinski definition) is 4. The van der Waals surface area contributed by atoms with Crippen LogP contribution in [0.1, 0.15) is 19.4 Å². The number of hydrogen-bond donors (Lipinski definition) is 2. The Bertz CT molecular complexity index is 524. The molecule has 0 radical (unpaired) electrons. The highest BCUT2D eigenvalue weighted by Crippen LogP contribution is 2.28. The van der Waals surface area contributed by atoms with Gasteiger partial charge >= 0.3 is 0 Å². The molecule has 0 saturated carbocycles. The molecular formula is C19H30NO4+. The Hall–Kier alpha value is -1.56. The lowest BCUT2D eigenvalue weighted by atomic mass is 10.1. The quantitative estimate of drug-likeness (QED) is 0.691. The molecule has 0 bridgehead atoms. The van der Waals surface area contributed by atoms with E-state index in [0.717, 1.165) is 25.1 Å². The standard InChI is InChI=1S/C19H29NO4/c1-5-6-16-7-8-18(19(9-16)22-4)23-13-17(21)12-20-10-14(2)24-15(3)11-20/h5,7-9,14-15,17,21H,1,6,10-13H2,2-4H3/p+1/t14-,15+,17-/m0/s1. The minimum Gasteiger partial charge on any atom is -0.493 e. The van der Waals surface area contributed by atoms with E-state index in [4.69, 9.17) is 14.2 Å². The molecule has 24 heavy (non-hydrogen) atoms. The first kappa shape index (κ1) is 18.8. The van der Waals surface area contributed by atoms with E-state index in [1.165, 1.54) is 4.90 Å². The van der Waals surface area contributed by atoms with Crippen LogP contribution in [0, 0.1) is 0 Å². The van der Waals surface area contributed by atoms with Crippen molar-refractivity contribution in [1.29, 1.82) is 0 Å². The van der Waals surface area contributed by atoms with E-state index in [9.17, 15) is 5.11 Å². The van der Waals surface area contributed by atoms with Crippen molar-refractivity contribution in [1.82, 2.24) is 0 Å². The highest BCUT2D eigenvalue weighted by atomic mass is 16.5. The van der Waals surface area contributed by atoms with Crippen LogP contribution < -0.4 is 14.4 Å². The molecule has 1 fully saturated rings. The van der Waals surface area contributed by atoms with Gasteiger partial charge in [-0.15, -0.1) is 6.58 Å². The first-order valence-corrected chi connectivity index (χ1v) is 8.59. The Morgan fingerprint density at radius 1 is 1.33 bits per heavy atom. The Morgan fingerprint density at radius 2 is 2.04 bits per heavy atom. The number of benzene rings is 1. The fraction of sp³-hybridized carbons (Fsp3) is 0.579. The van der Waals surface area contributed by atoms with E-state index >= 15 is 0 Å². The maximum Gasteiger partial charge on any atom is 0.161 e. The lowest BCUT2D eigenvalue weighted by Crippen LogP contribution is -3.16. The highest BCUT2D eigenvalue weighted by Gasteiger charge is 2.27. The summed E-state index contributed by atoms with van der Waals surface area (Å²) in [5, 5.41) is 10.3. The van der Waals surface area contributed by atoms with Gasteiger partial charge in [-0.25, -0.2) is 0 Å². The second kappa shape index (κ2) is 9.06. The summed E-state index contributed by atoms with van der Waals surface area (Å²) in [5.74, 6) is 1.34. The normalized spacial score (nSPS) is 25.1. The number of ether oxygens (including phenoxy) is 3. The molecule has 1 aliphatic rings. The van der Waals surface area contributed by atoms with Gasteiger partial charge in [0.2, 0.25) is 0 Å². The lowest BCUT2D eigenvalue weighted by Gasteiger charge is -2.33. The second-order valence-electron chi connectivity index (χ2n) is 6.56. The third-order valence-electron chi connectivity index (χ3n) is 4.18. The van der Waals surface area contributed by atoms with Crippen LogP contribution in [0.15, 0.2) is 30.9 Å². The summed E-state index contributed by atoms with van der Waals surface area (Å²) < 4.78 is 16.9. The number of nitrogens with one attached hydrogen (secondary N) is 1. The first-order chi connectivity index (χ1) is 11.5. The van der Waals surface area contributed by atoms with Crippen LogP contribution >= 0.6 is 0 Å². The van der Waals surface area contributed by atoms with E-state index < -0.39 is 6.10 Å². The van der Waals surface area contributed by atoms with Gasteiger partial charge in [-0.1, -0.05) is 12.1 Å². The van der Waals surface area contributed by atoms with Gasteiger partial charge < -0.3 is 24.2 Å². The van der Waals surface area contributed by atoms with Gasteiger partial charge in [-0.2, -0.15) is 0 Å². The molecule has 1 saturated heterocycles. The third kappa shape index (κ3) is 5.51. The first-order valence-electron chi connectivity index (χ1n) is 8.59. The SMILES string of the molecule is C=CCc1ccc(OC[C@@H](O)C[NH+]2C[C@@H](C)O[C@@H](C)C2)c(OC)c1. The van der Waals surface area contributed by atoms with E-state index in [0.29, 0.717) is 18.0 Å². The molecule has 1 unspecified atom stereocenters. The van der Waals surface area contributed by atoms with E-state index in [1.54, 1.807) is 7.11 Å². The number of morpholine rings is 1. The molecule has 1 aromatic rings. The number of quaternary nitrogens is 1. The second-order valence-corrected chi connectivity index (χ2v) is 6.56. The van der Waals surface area contributed by atoms with Crippen molar-refractivity contribution in [3.05, 3.63) is 36.4 Å². The van der Waals surface area contributed by atoms with E-state index in [2.05, 4.69) is 20.4 Å². The summed E-state index contributed by atoms with van der Waals surface area (Å²) in [6.07, 6.45) is 2.58. The molecule has 0 amide bonds. The summed E-state index contributed by atoms with van der Waals surface area (Å²) in [7, 11) is 1.62. The maximum atomic E-state index is 10.3. The van der Waals surface area contributed by atoms with Crippen LogP contribution in [-0.2, 0) is 11.2 Å². The average Bonchev–Trinajstić information content (AvgIpc) is 2.52. The lowest BCUT2D eigenvalue weighted by molar-refractivity contribution is -0.918. The van der Waals surface area contributed by atoms with E-state index in [1.807, 2.05) is 24.3 Å². The Labute approximate surface area is 144 Å². The van der Waals surface area contributed by atoms with Crippen LogP contribution in [0.4, 0.5) is 0 Å². The summed E-state index contributed by atoms with van der Waals surface area (Å²) in [6, 6.07) is 5.82. The van der Waals surface area contributed by atoms with E-state index in [-0.39, 0.29) is 18.8 Å². The van der Waals surface area contributed by atoms with Crippen molar-refractivity contribution in [2.75, 3.05) is 33.4 Å². The maximum absolute atomic E-state index is 10.3. The Kier molecular flexibility index (Phi) is 7.09. The van der Waals surface area contributed by atoms with Crippen molar-refractivity contribution in [3.8, 4) is 11.5 Å². The largest absolute Gasteiger partial charge is 0.493 e. The number of aliphatic hydroxyl groups excluding tert-OH is 1. The number of rotatable bonds is 8. The van der Waals surface area contributed by atoms with Crippen molar-refractivity contribution in [2.24, 2.45) is 0 Å². The molecule has 0 spiro atoms. The van der Waals surface area contributed by atoms with Crippen molar-refractivity contribution < 1.29 is 24.2 Å². The zero-order valence-electron chi connectivity index (χ0n) is 15.0. The molecule has 1 aliphatic heterocycles. The topological polar surface area (TPSA) is 52.4 Å². The Balaban J connectivity index is 1.86. The summed E-state index contributed by atoms with van der Waals surface area (Å²) in [6.45, 7) is 10.6. The van der Waals surface area contributed by atoms with Crippen molar-refractivity contribution >= 4 is 0 Å². The predicted molar refractivity (Wildman–Crippen MR) is 94.0 cm³/mol. The molecule has 2 rings (SSSR count). The predicted octanol–water partition coefficient (Wildman–Crippen LogP) is 0.856. The fourth-order valence-corrected chi connectivity index (χ4v) is 3.26. The number of allylic oxidation sites excluding steroid dienone is 1. The molecular weight excluding hydrogens is 306 g/mol. The number of methoxy groups -OCH3 is 1. The third-order valence-corrected chi connectivity index (χ3v) is 4.18. The van der Waals surface area contributed by atoms with Crippen LogP contribution in [0.25, 0.3) is 0 Å².